The summed E-state index contributed by atoms with van der Waals surface area (Å²) >= 11 is 1.26. The molecule has 32 heavy (non-hydrogen) atoms. The number of carboxylic acids is 1. The average molecular weight is 479 g/mol. The molecular weight excluding hydrogens is 448 g/mol. The van der Waals surface area contributed by atoms with E-state index in [1.54, 1.807) is 19.1 Å². The van der Waals surface area contributed by atoms with Crippen molar-refractivity contribution in [2.24, 2.45) is 5.92 Å². The fourth-order valence-electron chi connectivity index (χ4n) is 4.13. The SMILES string of the molecule is CC(NC(=O)COc1ccccc1)SC1=C(C(=O)O)N2C(=O)[C@@H]([C@H](C)O[Si](C)(C)C)[C@H]2C1. The maximum absolute atomic E-state index is 12.8. The fraction of sp³-hybridized carbons (Fsp3) is 0.500. The van der Waals surface area contributed by atoms with E-state index in [0.717, 1.165) is 0 Å². The number of ether oxygens (including phenoxy) is 1. The molecule has 0 aromatic heterocycles. The minimum atomic E-state index is -1.84. The van der Waals surface area contributed by atoms with Crippen LogP contribution in [0.2, 0.25) is 19.6 Å². The third kappa shape index (κ3) is 5.54. The average Bonchev–Trinajstić information content (AvgIpc) is 2.99. The first kappa shape index (κ1) is 24.3. The van der Waals surface area contributed by atoms with Crippen molar-refractivity contribution in [3.63, 3.8) is 0 Å². The Bertz CT molecular complexity index is 917. The first-order chi connectivity index (χ1) is 15.0. The zero-order valence-electron chi connectivity index (χ0n) is 19.0. The quantitative estimate of drug-likeness (QED) is 0.302. The predicted molar refractivity (Wildman–Crippen MR) is 124 cm³/mol. The van der Waals surface area contributed by atoms with Crippen LogP contribution in [-0.2, 0) is 18.8 Å². The lowest BCUT2D eigenvalue weighted by molar-refractivity contribution is -0.160. The highest BCUT2D eigenvalue weighted by molar-refractivity contribution is 8.03. The van der Waals surface area contributed by atoms with Gasteiger partial charge in [-0.15, -0.1) is 11.8 Å². The van der Waals surface area contributed by atoms with Crippen LogP contribution in [0.1, 0.15) is 20.3 Å². The summed E-state index contributed by atoms with van der Waals surface area (Å²) in [5.74, 6) is -1.40. The van der Waals surface area contributed by atoms with Crippen LogP contribution in [0.25, 0.3) is 0 Å². The van der Waals surface area contributed by atoms with Crippen molar-refractivity contribution in [1.29, 1.82) is 0 Å². The second-order valence-corrected chi connectivity index (χ2v) is 14.8. The number of carboxylic acid groups (broad SMARTS) is 1. The molecule has 0 radical (unpaired) electrons. The van der Waals surface area contributed by atoms with Crippen molar-refractivity contribution in [2.75, 3.05) is 6.61 Å². The van der Waals surface area contributed by atoms with Gasteiger partial charge in [-0.2, -0.15) is 0 Å². The number of para-hydroxylation sites is 1. The van der Waals surface area contributed by atoms with Crippen LogP contribution < -0.4 is 10.1 Å². The third-order valence-electron chi connectivity index (χ3n) is 5.21. The van der Waals surface area contributed by atoms with Gasteiger partial charge in [0.05, 0.1) is 23.4 Å². The molecule has 1 saturated heterocycles. The summed E-state index contributed by atoms with van der Waals surface area (Å²) in [5.41, 5.74) is 0.0167. The summed E-state index contributed by atoms with van der Waals surface area (Å²) in [6, 6.07) is 8.81. The molecule has 10 heteroatoms. The Kier molecular flexibility index (Phi) is 7.36. The van der Waals surface area contributed by atoms with Crippen molar-refractivity contribution in [2.45, 2.75) is 57.4 Å². The van der Waals surface area contributed by atoms with Gasteiger partial charge in [0.2, 0.25) is 5.91 Å². The van der Waals surface area contributed by atoms with E-state index < -0.39 is 14.3 Å². The number of aliphatic carboxylic acids is 1. The number of hydrogen-bond donors (Lipinski definition) is 2. The molecule has 2 heterocycles. The fourth-order valence-corrected chi connectivity index (χ4v) is 6.57. The van der Waals surface area contributed by atoms with E-state index in [9.17, 15) is 19.5 Å². The number of benzene rings is 1. The lowest BCUT2D eigenvalue weighted by Crippen LogP contribution is -2.63. The van der Waals surface area contributed by atoms with Gasteiger partial charge in [0, 0.05) is 11.3 Å². The zero-order valence-corrected chi connectivity index (χ0v) is 20.8. The van der Waals surface area contributed by atoms with Gasteiger partial charge in [-0.05, 0) is 45.6 Å². The molecule has 4 atom stereocenters. The number of carbonyl (C=O) groups is 3. The van der Waals surface area contributed by atoms with E-state index in [4.69, 9.17) is 9.16 Å². The van der Waals surface area contributed by atoms with Gasteiger partial charge in [0.1, 0.15) is 11.4 Å². The number of amides is 2. The largest absolute Gasteiger partial charge is 0.484 e. The van der Waals surface area contributed by atoms with Crippen LogP contribution in [0, 0.1) is 5.92 Å². The lowest BCUT2D eigenvalue weighted by atomic mass is 9.83. The molecule has 0 saturated carbocycles. The minimum absolute atomic E-state index is 0.0167. The van der Waals surface area contributed by atoms with Crippen LogP contribution in [0.5, 0.6) is 5.75 Å². The van der Waals surface area contributed by atoms with Gasteiger partial charge in [-0.3, -0.25) is 9.59 Å². The number of nitrogens with one attached hydrogen (secondary N) is 1. The van der Waals surface area contributed by atoms with E-state index in [2.05, 4.69) is 25.0 Å². The van der Waals surface area contributed by atoms with Crippen molar-refractivity contribution in [3.05, 3.63) is 40.9 Å². The van der Waals surface area contributed by atoms with Gasteiger partial charge in [0.15, 0.2) is 14.9 Å². The normalized spacial score (nSPS) is 22.2. The third-order valence-corrected chi connectivity index (χ3v) is 7.41. The van der Waals surface area contributed by atoms with Gasteiger partial charge >= 0.3 is 5.97 Å². The Labute approximate surface area is 193 Å². The van der Waals surface area contributed by atoms with Crippen molar-refractivity contribution >= 4 is 37.9 Å². The maximum atomic E-state index is 12.8. The number of hydrogen-bond acceptors (Lipinski definition) is 6. The molecule has 8 nitrogen and oxygen atoms in total. The number of β-lactam (4-membered cyclic amide) rings is 1. The summed E-state index contributed by atoms with van der Waals surface area (Å²) < 4.78 is 11.5. The Balaban J connectivity index is 1.60. The smallest absolute Gasteiger partial charge is 0.353 e. The Hall–Kier alpha value is -2.30. The standard InChI is InChI=1S/C22H30N2O6SSi/c1-13(30-32(3,4)5)19-16-11-17(20(22(27)28)24(16)21(19)26)31-14(2)23-18(25)12-29-15-9-7-6-8-10-15/h6-10,13-14,16,19H,11-12H2,1-5H3,(H,23,25)(H,27,28)/t13-,14?,16+,19-/m0/s1. The first-order valence-electron chi connectivity index (χ1n) is 10.6. The topological polar surface area (TPSA) is 105 Å². The van der Waals surface area contributed by atoms with E-state index in [-0.39, 0.29) is 47.6 Å². The highest BCUT2D eigenvalue weighted by Crippen LogP contribution is 2.48. The second-order valence-electron chi connectivity index (χ2n) is 8.95. The molecule has 3 rings (SSSR count). The van der Waals surface area contributed by atoms with E-state index >= 15 is 0 Å². The molecule has 1 unspecified atom stereocenters. The molecule has 1 aromatic carbocycles. The first-order valence-corrected chi connectivity index (χ1v) is 14.9. The van der Waals surface area contributed by atoms with Crippen LogP contribution in [0.3, 0.4) is 0 Å². The highest BCUT2D eigenvalue weighted by Gasteiger charge is 2.57. The summed E-state index contributed by atoms with van der Waals surface area (Å²) in [7, 11) is -1.84. The minimum Gasteiger partial charge on any atom is -0.484 e. The Morgan fingerprint density at radius 2 is 1.91 bits per heavy atom. The molecule has 2 aliphatic rings. The van der Waals surface area contributed by atoms with Crippen LogP contribution in [0.4, 0.5) is 0 Å². The van der Waals surface area contributed by atoms with Crippen molar-refractivity contribution in [3.8, 4) is 5.75 Å². The Morgan fingerprint density at radius 3 is 2.50 bits per heavy atom. The van der Waals surface area contributed by atoms with Crippen LogP contribution >= 0.6 is 11.8 Å². The molecule has 1 aromatic rings. The Morgan fingerprint density at radius 1 is 1.25 bits per heavy atom. The van der Waals surface area contributed by atoms with Crippen LogP contribution in [0.15, 0.2) is 40.9 Å². The second kappa shape index (κ2) is 9.68. The molecule has 174 valence electrons. The highest BCUT2D eigenvalue weighted by atomic mass is 32.2. The van der Waals surface area contributed by atoms with Gasteiger partial charge in [-0.1, -0.05) is 18.2 Å². The zero-order chi connectivity index (χ0) is 23.6. The van der Waals surface area contributed by atoms with Crippen molar-refractivity contribution < 1.29 is 28.7 Å². The number of carbonyl (C=O) groups excluding carboxylic acids is 2. The molecule has 0 aliphatic carbocycles. The molecule has 1 fully saturated rings. The van der Waals surface area contributed by atoms with Gasteiger partial charge < -0.3 is 24.5 Å². The predicted octanol–water partition coefficient (Wildman–Crippen LogP) is 3.03. The molecule has 2 N–H and O–H groups in total. The number of thioether (sulfide) groups is 1. The molecule has 2 aliphatic heterocycles. The monoisotopic (exact) mass is 478 g/mol. The summed E-state index contributed by atoms with van der Waals surface area (Å²) in [5, 5.41) is 12.2. The van der Waals surface area contributed by atoms with Gasteiger partial charge in [0.25, 0.3) is 5.91 Å². The number of fused-ring (bicyclic) bond motifs is 1. The summed E-state index contributed by atoms with van der Waals surface area (Å²) in [4.78, 5) is 38.9. The van der Waals surface area contributed by atoms with Crippen LogP contribution in [-0.4, -0.2) is 60.2 Å². The number of nitrogens with zero attached hydrogens (tertiary/aromatic N) is 1. The van der Waals surface area contributed by atoms with E-state index in [1.165, 1.54) is 16.7 Å². The maximum Gasteiger partial charge on any atom is 0.353 e. The molecule has 0 spiro atoms. The van der Waals surface area contributed by atoms with Gasteiger partial charge in [-0.25, -0.2) is 4.79 Å². The van der Waals surface area contributed by atoms with E-state index in [1.807, 2.05) is 25.1 Å². The van der Waals surface area contributed by atoms with Crippen molar-refractivity contribution in [1.82, 2.24) is 10.2 Å². The molecular formula is C22H30N2O6SSi. The number of rotatable bonds is 10. The van der Waals surface area contributed by atoms with E-state index in [0.29, 0.717) is 17.1 Å². The lowest BCUT2D eigenvalue weighted by Gasteiger charge is -2.46. The molecule has 2 amide bonds. The summed E-state index contributed by atoms with van der Waals surface area (Å²) in [6.45, 7) is 9.72. The molecule has 0 bridgehead atoms. The summed E-state index contributed by atoms with van der Waals surface area (Å²) in [6.07, 6.45) is 0.185.